The van der Waals surface area contributed by atoms with Gasteiger partial charge in [-0.15, -0.1) is 0 Å². The molecular formula is C14H12F3N5O. The first-order valence-corrected chi connectivity index (χ1v) is 6.63. The van der Waals surface area contributed by atoms with Crippen LogP contribution in [0.15, 0.2) is 23.3 Å². The molecule has 0 spiro atoms. The summed E-state index contributed by atoms with van der Waals surface area (Å²) >= 11 is 0. The second-order valence-electron chi connectivity index (χ2n) is 4.66. The van der Waals surface area contributed by atoms with Crippen molar-refractivity contribution in [3.05, 3.63) is 23.8 Å². The normalized spacial score (nSPS) is 14.6. The Hall–Kier alpha value is -2.78. The maximum Gasteiger partial charge on any atom is 0.416 e. The third-order valence-corrected chi connectivity index (χ3v) is 3.13. The summed E-state index contributed by atoms with van der Waals surface area (Å²) < 4.78 is 44.3. The number of halogens is 3. The summed E-state index contributed by atoms with van der Waals surface area (Å²) in [5, 5.41) is 20.7. The average Bonchev–Trinajstić information content (AvgIpc) is 2.55. The van der Waals surface area contributed by atoms with Gasteiger partial charge in [0.05, 0.1) is 24.5 Å². The van der Waals surface area contributed by atoms with Gasteiger partial charge in [0, 0.05) is 18.8 Å². The van der Waals surface area contributed by atoms with Gasteiger partial charge in [-0.05, 0) is 18.2 Å². The van der Waals surface area contributed by atoms with Gasteiger partial charge in [0.1, 0.15) is 12.1 Å². The van der Waals surface area contributed by atoms with Crippen LogP contribution in [-0.4, -0.2) is 32.0 Å². The van der Waals surface area contributed by atoms with E-state index in [2.05, 4.69) is 10.5 Å². The summed E-state index contributed by atoms with van der Waals surface area (Å²) in [6.45, 7) is 1.83. The molecule has 23 heavy (non-hydrogen) atoms. The minimum Gasteiger partial charge on any atom is -0.378 e. The lowest BCUT2D eigenvalue weighted by Crippen LogP contribution is -2.36. The molecular weight excluding hydrogens is 311 g/mol. The van der Waals surface area contributed by atoms with Gasteiger partial charge in [-0.3, -0.25) is 5.43 Å². The molecule has 1 fully saturated rings. The second kappa shape index (κ2) is 6.99. The Bertz CT molecular complexity index is 665. The topological polar surface area (TPSA) is 84.4 Å². The Labute approximate surface area is 130 Å². The van der Waals surface area contributed by atoms with Crippen molar-refractivity contribution in [2.75, 3.05) is 36.6 Å². The van der Waals surface area contributed by atoms with E-state index in [0.29, 0.717) is 32.0 Å². The number of benzene rings is 1. The molecule has 1 heterocycles. The van der Waals surface area contributed by atoms with E-state index in [0.717, 1.165) is 12.1 Å². The Balaban J connectivity index is 2.36. The summed E-state index contributed by atoms with van der Waals surface area (Å²) in [7, 11) is 0. The van der Waals surface area contributed by atoms with Crippen LogP contribution in [0.2, 0.25) is 0 Å². The molecule has 120 valence electrons. The predicted octanol–water partition coefficient (Wildman–Crippen LogP) is 2.36. The zero-order valence-corrected chi connectivity index (χ0v) is 11.9. The van der Waals surface area contributed by atoms with Crippen LogP contribution in [0.4, 0.5) is 24.5 Å². The van der Waals surface area contributed by atoms with Crippen LogP contribution in [0.5, 0.6) is 0 Å². The van der Waals surface area contributed by atoms with Crippen LogP contribution in [-0.2, 0) is 10.9 Å². The number of ether oxygens (including phenoxy) is 1. The lowest BCUT2D eigenvalue weighted by molar-refractivity contribution is -0.137. The molecule has 2 rings (SSSR count). The molecule has 0 amide bonds. The van der Waals surface area contributed by atoms with E-state index < -0.39 is 17.5 Å². The number of nitriles is 2. The first kappa shape index (κ1) is 16.6. The largest absolute Gasteiger partial charge is 0.416 e. The van der Waals surface area contributed by atoms with E-state index >= 15 is 0 Å². The lowest BCUT2D eigenvalue weighted by atomic mass is 10.1. The van der Waals surface area contributed by atoms with Gasteiger partial charge in [0.15, 0.2) is 0 Å². The molecule has 0 saturated carbocycles. The van der Waals surface area contributed by atoms with Gasteiger partial charge >= 0.3 is 6.18 Å². The molecule has 6 nitrogen and oxygen atoms in total. The molecule has 1 aliphatic rings. The van der Waals surface area contributed by atoms with Crippen molar-refractivity contribution in [2.45, 2.75) is 6.18 Å². The maximum absolute atomic E-state index is 13.0. The zero-order chi connectivity index (χ0) is 16.9. The van der Waals surface area contributed by atoms with E-state index in [1.165, 1.54) is 18.2 Å². The van der Waals surface area contributed by atoms with Gasteiger partial charge < -0.3 is 9.64 Å². The predicted molar refractivity (Wildman–Crippen MR) is 76.8 cm³/mol. The van der Waals surface area contributed by atoms with Crippen LogP contribution in [0.3, 0.4) is 0 Å². The van der Waals surface area contributed by atoms with Gasteiger partial charge in [-0.25, -0.2) is 0 Å². The number of alkyl halides is 3. The molecule has 1 saturated heterocycles. The van der Waals surface area contributed by atoms with Crippen molar-refractivity contribution < 1.29 is 17.9 Å². The van der Waals surface area contributed by atoms with Crippen molar-refractivity contribution >= 4 is 17.1 Å². The second-order valence-corrected chi connectivity index (χ2v) is 4.66. The standard InChI is InChI=1S/C14H12F3N5O/c15-14(16,17)10-5-11(20-21-12(8-18)9-19)7-13(6-10)22-1-3-23-4-2-22/h5-7,20H,1-4H2. The third kappa shape index (κ3) is 4.34. The number of hydrogen-bond donors (Lipinski definition) is 1. The molecule has 9 heteroatoms. The summed E-state index contributed by atoms with van der Waals surface area (Å²) in [6, 6.07) is 6.45. The molecule has 1 N–H and O–H groups in total. The molecule has 1 aromatic rings. The van der Waals surface area contributed by atoms with Crippen molar-refractivity contribution in [3.8, 4) is 12.1 Å². The number of anilines is 2. The van der Waals surface area contributed by atoms with Crippen LogP contribution >= 0.6 is 0 Å². The number of nitrogens with one attached hydrogen (secondary N) is 1. The molecule has 0 bridgehead atoms. The first-order valence-electron chi connectivity index (χ1n) is 6.63. The SMILES string of the molecule is N#CC(C#N)=NNc1cc(N2CCOCC2)cc(C(F)(F)F)c1. The third-order valence-electron chi connectivity index (χ3n) is 3.13. The minimum atomic E-state index is -4.52. The van der Waals surface area contributed by atoms with Crippen LogP contribution < -0.4 is 10.3 Å². The number of hydrogen-bond acceptors (Lipinski definition) is 6. The monoisotopic (exact) mass is 323 g/mol. The van der Waals surface area contributed by atoms with Gasteiger partial charge in [-0.2, -0.15) is 28.8 Å². The highest BCUT2D eigenvalue weighted by Gasteiger charge is 2.32. The molecule has 1 aromatic carbocycles. The quantitative estimate of drug-likeness (QED) is 0.682. The molecule has 0 aromatic heterocycles. The summed E-state index contributed by atoms with van der Waals surface area (Å²) in [6.07, 6.45) is -4.52. The minimum absolute atomic E-state index is 0.0457. The maximum atomic E-state index is 13.0. The number of nitrogens with zero attached hydrogens (tertiary/aromatic N) is 4. The van der Waals surface area contributed by atoms with Crippen molar-refractivity contribution in [1.29, 1.82) is 10.5 Å². The molecule has 0 unspecified atom stereocenters. The Kier molecular flexibility index (Phi) is 5.04. The van der Waals surface area contributed by atoms with Crippen molar-refractivity contribution in [2.24, 2.45) is 5.10 Å². The van der Waals surface area contributed by atoms with Crippen molar-refractivity contribution in [3.63, 3.8) is 0 Å². The number of hydrazone groups is 1. The van der Waals surface area contributed by atoms with Crippen molar-refractivity contribution in [1.82, 2.24) is 0 Å². The van der Waals surface area contributed by atoms with E-state index in [9.17, 15) is 13.2 Å². The highest BCUT2D eigenvalue weighted by atomic mass is 19.4. The van der Waals surface area contributed by atoms with Gasteiger partial charge in [0.25, 0.3) is 0 Å². The molecule has 1 aliphatic heterocycles. The Morgan fingerprint density at radius 2 is 1.83 bits per heavy atom. The Morgan fingerprint density at radius 1 is 1.17 bits per heavy atom. The van der Waals surface area contributed by atoms with E-state index in [4.69, 9.17) is 15.3 Å². The fourth-order valence-electron chi connectivity index (χ4n) is 2.04. The smallest absolute Gasteiger partial charge is 0.378 e. The fraction of sp³-hybridized carbons (Fsp3) is 0.357. The van der Waals surface area contributed by atoms with E-state index in [1.54, 1.807) is 4.90 Å². The van der Waals surface area contributed by atoms with E-state index in [-0.39, 0.29) is 5.69 Å². The highest BCUT2D eigenvalue weighted by Crippen LogP contribution is 2.34. The zero-order valence-electron chi connectivity index (χ0n) is 11.9. The fourth-order valence-corrected chi connectivity index (χ4v) is 2.04. The summed E-state index contributed by atoms with van der Waals surface area (Å²) in [4.78, 5) is 1.77. The van der Waals surface area contributed by atoms with Crippen LogP contribution in [0, 0.1) is 22.7 Å². The molecule has 0 radical (unpaired) electrons. The van der Waals surface area contributed by atoms with E-state index in [1.807, 2.05) is 0 Å². The molecule has 0 atom stereocenters. The van der Waals surface area contributed by atoms with Gasteiger partial charge in [0.2, 0.25) is 5.71 Å². The molecule has 0 aliphatic carbocycles. The Morgan fingerprint density at radius 3 is 2.39 bits per heavy atom. The first-order chi connectivity index (χ1) is 10.9. The van der Waals surface area contributed by atoms with Gasteiger partial charge in [-0.1, -0.05) is 0 Å². The summed E-state index contributed by atoms with van der Waals surface area (Å²) in [5.41, 5.74) is 1.43. The lowest BCUT2D eigenvalue weighted by Gasteiger charge is -2.29. The number of rotatable bonds is 3. The van der Waals surface area contributed by atoms with Crippen LogP contribution in [0.25, 0.3) is 0 Å². The van der Waals surface area contributed by atoms with Crippen LogP contribution in [0.1, 0.15) is 5.56 Å². The summed E-state index contributed by atoms with van der Waals surface area (Å²) in [5.74, 6) is 0. The number of morpholine rings is 1. The average molecular weight is 323 g/mol. The highest BCUT2D eigenvalue weighted by molar-refractivity contribution is 6.10.